The van der Waals surface area contributed by atoms with Gasteiger partial charge in [-0.1, -0.05) is 19.1 Å². The van der Waals surface area contributed by atoms with Crippen molar-refractivity contribution in [3.63, 3.8) is 0 Å². The van der Waals surface area contributed by atoms with Crippen LogP contribution in [0.5, 0.6) is 0 Å². The molecule has 0 bridgehead atoms. The van der Waals surface area contributed by atoms with Crippen LogP contribution in [-0.2, 0) is 25.4 Å². The number of ether oxygens (including phenoxy) is 2. The molecule has 0 amide bonds. The van der Waals surface area contributed by atoms with Gasteiger partial charge in [0.05, 0.1) is 37.2 Å². The molecule has 3 atom stereocenters. The minimum atomic E-state index is -4.89. The molecule has 2 aromatic heterocycles. The number of alkyl halides is 3. The number of nitrogen functional groups attached to an aromatic ring is 1. The van der Waals surface area contributed by atoms with Gasteiger partial charge in [0.25, 0.3) is 0 Å². The van der Waals surface area contributed by atoms with Crippen molar-refractivity contribution in [2.45, 2.75) is 64.5 Å². The van der Waals surface area contributed by atoms with E-state index in [-0.39, 0.29) is 30.1 Å². The summed E-state index contributed by atoms with van der Waals surface area (Å²) in [5.74, 6) is -0.614. The minimum Gasteiger partial charge on any atom is -0.464 e. The second-order valence-electron chi connectivity index (χ2n) is 9.88. The van der Waals surface area contributed by atoms with Gasteiger partial charge in [0.1, 0.15) is 29.8 Å². The third-order valence-corrected chi connectivity index (χ3v) is 7.98. The summed E-state index contributed by atoms with van der Waals surface area (Å²) in [6.07, 6.45) is -3.04. The molecular formula is C25H32F3N8O4P. The molecule has 0 unspecified atom stereocenters. The van der Waals surface area contributed by atoms with Crippen LogP contribution in [-0.4, -0.2) is 56.3 Å². The Labute approximate surface area is 234 Å². The number of imidazole rings is 1. The molecule has 16 heteroatoms. The van der Waals surface area contributed by atoms with Crippen molar-refractivity contribution in [3.8, 4) is 6.07 Å². The summed E-state index contributed by atoms with van der Waals surface area (Å²) in [6.45, 7) is 6.35. The molecule has 41 heavy (non-hydrogen) atoms. The Kier molecular flexibility index (Phi) is 10.1. The fourth-order valence-corrected chi connectivity index (χ4v) is 6.24. The number of nitrogens with zero attached hydrogens (tertiary/aromatic N) is 5. The topological polar surface area (TPSA) is 170 Å². The summed E-state index contributed by atoms with van der Waals surface area (Å²) in [5, 5.41) is 13.8. The molecule has 0 saturated heterocycles. The number of halogens is 3. The fourth-order valence-electron chi connectivity index (χ4n) is 3.86. The molecule has 12 nitrogen and oxygen atoms in total. The van der Waals surface area contributed by atoms with Crippen molar-refractivity contribution in [2.24, 2.45) is 0 Å². The molecule has 3 rings (SSSR count). The number of carbonyl (C=O) groups is 1. The maximum Gasteiger partial charge on any atom is 0.408 e. The van der Waals surface area contributed by atoms with Gasteiger partial charge >= 0.3 is 12.1 Å². The van der Waals surface area contributed by atoms with Gasteiger partial charge in [-0.25, -0.2) is 25.1 Å². The molecule has 0 aliphatic rings. The maximum absolute atomic E-state index is 14.3. The third kappa shape index (κ3) is 8.23. The van der Waals surface area contributed by atoms with E-state index in [0.29, 0.717) is 17.6 Å². The molecule has 0 spiro atoms. The number of anilines is 1. The van der Waals surface area contributed by atoms with E-state index >= 15 is 0 Å². The zero-order valence-corrected chi connectivity index (χ0v) is 23.9. The molecule has 2 heterocycles. The van der Waals surface area contributed by atoms with Crippen LogP contribution in [0.1, 0.15) is 51.3 Å². The van der Waals surface area contributed by atoms with E-state index in [9.17, 15) is 22.5 Å². The molecule has 3 aromatic rings. The van der Waals surface area contributed by atoms with Crippen LogP contribution in [0.25, 0.3) is 11.2 Å². The van der Waals surface area contributed by atoms with E-state index in [1.54, 1.807) is 18.4 Å². The molecule has 0 aliphatic heterocycles. The number of esters is 1. The van der Waals surface area contributed by atoms with Crippen LogP contribution < -0.4 is 15.9 Å². The van der Waals surface area contributed by atoms with Crippen LogP contribution in [0.15, 0.2) is 36.9 Å². The molecule has 0 aliphatic carbocycles. The third-order valence-electron chi connectivity index (χ3n) is 5.87. The first-order chi connectivity index (χ1) is 19.2. The molecule has 0 radical (unpaired) electrons. The Bertz CT molecular complexity index is 1440. The highest BCUT2D eigenvalue weighted by molar-refractivity contribution is 7.59. The first-order valence-corrected chi connectivity index (χ1v) is 14.5. The number of rotatable bonds is 13. The van der Waals surface area contributed by atoms with E-state index in [1.165, 1.54) is 38.6 Å². The van der Waals surface area contributed by atoms with Crippen molar-refractivity contribution >= 4 is 30.4 Å². The second-order valence-corrected chi connectivity index (χ2v) is 12.1. The number of nitriles is 1. The molecule has 1 aromatic carbocycles. The van der Waals surface area contributed by atoms with Crippen molar-refractivity contribution in [2.75, 3.05) is 18.7 Å². The van der Waals surface area contributed by atoms with Gasteiger partial charge in [-0.2, -0.15) is 18.4 Å². The zero-order chi connectivity index (χ0) is 30.4. The van der Waals surface area contributed by atoms with Crippen molar-refractivity contribution in [1.82, 2.24) is 29.7 Å². The van der Waals surface area contributed by atoms with Gasteiger partial charge in [0.2, 0.25) is 7.44 Å². The van der Waals surface area contributed by atoms with Gasteiger partial charge in [-0.05, 0) is 44.9 Å². The van der Waals surface area contributed by atoms with E-state index in [1.807, 2.05) is 6.07 Å². The monoisotopic (exact) mass is 596 g/mol. The average Bonchev–Trinajstić information content (AvgIpc) is 3.32. The van der Waals surface area contributed by atoms with Gasteiger partial charge in [0.15, 0.2) is 11.5 Å². The highest BCUT2D eigenvalue weighted by atomic mass is 31.2. The summed E-state index contributed by atoms with van der Waals surface area (Å²) in [4.78, 5) is 24.9. The second kappa shape index (κ2) is 12.9. The standard InChI is InChI=1S/C25H32F3N8O4P/c1-5-10-39-23(37)24(3,4)35-41(38,34-20(25(26,27)28)18-8-6-17(11-29)7-9-18)15-40-16(2)12-36-14-33-19-21(30)31-13-32-22(19)36/h6-9,13-14,16,20H,5,10,12,15H2,1-4H3,(H2,30,31,32)(H2,34,35,38)/t16-,20-,41-/m1/s1. The van der Waals surface area contributed by atoms with Crippen molar-refractivity contribution < 1.29 is 32.0 Å². The maximum atomic E-state index is 14.3. The van der Waals surface area contributed by atoms with Crippen LogP contribution >= 0.6 is 7.44 Å². The number of hydrogen-bond donors (Lipinski definition) is 3. The number of carbonyl (C=O) groups excluding carboxylic acids is 1. The first kappa shape index (κ1) is 32.0. The lowest BCUT2D eigenvalue weighted by atomic mass is 10.1. The Morgan fingerprint density at radius 1 is 1.22 bits per heavy atom. The fraction of sp³-hybridized carbons (Fsp3) is 0.480. The van der Waals surface area contributed by atoms with Crippen molar-refractivity contribution in [3.05, 3.63) is 48.0 Å². The smallest absolute Gasteiger partial charge is 0.408 e. The summed E-state index contributed by atoms with van der Waals surface area (Å²) in [5.41, 5.74) is 4.85. The van der Waals surface area contributed by atoms with E-state index in [4.69, 9.17) is 20.5 Å². The number of nitrogens with two attached hydrogens (primary N) is 1. The molecule has 0 fully saturated rings. The number of fused-ring (bicyclic) bond motifs is 1. The quantitative estimate of drug-likeness (QED) is 0.192. The highest BCUT2D eigenvalue weighted by Gasteiger charge is 2.47. The zero-order valence-electron chi connectivity index (χ0n) is 23.0. The summed E-state index contributed by atoms with van der Waals surface area (Å²) >= 11 is 0. The molecular weight excluding hydrogens is 564 g/mol. The number of hydrogen-bond acceptors (Lipinski definition) is 9. The average molecular weight is 597 g/mol. The van der Waals surface area contributed by atoms with E-state index < -0.39 is 43.6 Å². The number of benzene rings is 1. The number of nitrogens with one attached hydrogen (secondary N) is 2. The first-order valence-electron chi connectivity index (χ1n) is 12.6. The van der Waals surface area contributed by atoms with Crippen LogP contribution in [0.4, 0.5) is 19.0 Å². The van der Waals surface area contributed by atoms with Gasteiger partial charge in [-0.15, -0.1) is 0 Å². The predicted octanol–water partition coefficient (Wildman–Crippen LogP) is 4.05. The Hall–Kier alpha value is -3.57. The van der Waals surface area contributed by atoms with Crippen LogP contribution in [0.3, 0.4) is 0 Å². The van der Waals surface area contributed by atoms with Crippen molar-refractivity contribution in [1.29, 1.82) is 5.26 Å². The lowest BCUT2D eigenvalue weighted by molar-refractivity contribution is -0.153. The van der Waals surface area contributed by atoms with Crippen LogP contribution in [0.2, 0.25) is 0 Å². The van der Waals surface area contributed by atoms with E-state index in [0.717, 1.165) is 12.1 Å². The summed E-state index contributed by atoms with van der Waals surface area (Å²) in [7, 11) is -4.34. The summed E-state index contributed by atoms with van der Waals surface area (Å²) < 4.78 is 69.5. The summed E-state index contributed by atoms with van der Waals surface area (Å²) in [6, 6.07) is 4.13. The van der Waals surface area contributed by atoms with E-state index in [2.05, 4.69) is 25.1 Å². The SMILES string of the molecule is CCCOC(=O)C(C)(C)N[P@@](=O)(CO[C@H](C)Cn1cnc2c(N)ncnc21)N[C@H](c1ccc(C#N)cc1)C(F)(F)F. The Morgan fingerprint density at radius 2 is 1.90 bits per heavy atom. The molecule has 0 saturated carbocycles. The minimum absolute atomic E-state index is 0.0819. The predicted molar refractivity (Wildman–Crippen MR) is 144 cm³/mol. The normalized spacial score (nSPS) is 15.2. The van der Waals surface area contributed by atoms with Crippen LogP contribution in [0, 0.1) is 11.3 Å². The van der Waals surface area contributed by atoms with Gasteiger partial charge in [-0.3, -0.25) is 9.36 Å². The Balaban J connectivity index is 1.88. The highest BCUT2D eigenvalue weighted by Crippen LogP contribution is 2.46. The molecule has 4 N–H and O–H groups in total. The largest absolute Gasteiger partial charge is 0.464 e. The lowest BCUT2D eigenvalue weighted by Crippen LogP contribution is -2.50. The lowest BCUT2D eigenvalue weighted by Gasteiger charge is -2.34. The van der Waals surface area contributed by atoms with Gasteiger partial charge in [0, 0.05) is 0 Å². The molecule has 222 valence electrons. The number of aromatic nitrogens is 4. The van der Waals surface area contributed by atoms with Gasteiger partial charge < -0.3 is 19.8 Å². The Morgan fingerprint density at radius 3 is 2.51 bits per heavy atom.